The summed E-state index contributed by atoms with van der Waals surface area (Å²) in [4.78, 5) is 8.95. The van der Waals surface area contributed by atoms with E-state index in [0.717, 1.165) is 28.8 Å². The predicted molar refractivity (Wildman–Crippen MR) is 117 cm³/mol. The Balaban J connectivity index is 1.86. The van der Waals surface area contributed by atoms with Gasteiger partial charge in [-0.15, -0.1) is 0 Å². The second kappa shape index (κ2) is 7.95. The smallest absolute Gasteiger partial charge is 0.264 e. The molecule has 0 fully saturated rings. The van der Waals surface area contributed by atoms with Gasteiger partial charge in [0.05, 0.1) is 16.6 Å². The highest BCUT2D eigenvalue weighted by Crippen LogP contribution is 2.30. The summed E-state index contributed by atoms with van der Waals surface area (Å²) in [6.07, 6.45) is 0.803. The van der Waals surface area contributed by atoms with Crippen LogP contribution in [0.4, 0.5) is 11.6 Å². The van der Waals surface area contributed by atoms with Crippen LogP contribution in [0.15, 0.2) is 53.4 Å². The summed E-state index contributed by atoms with van der Waals surface area (Å²) in [7, 11) is -3.86. The predicted octanol–water partition coefficient (Wildman–Crippen LogP) is 4.14. The number of rotatable bonds is 2. The summed E-state index contributed by atoms with van der Waals surface area (Å²) in [6.45, 7) is 6.42. The topological polar surface area (TPSA) is 93.2 Å². The van der Waals surface area contributed by atoms with Crippen LogP contribution in [0.25, 0.3) is 11.3 Å². The maximum atomic E-state index is 13.0. The van der Waals surface area contributed by atoms with Gasteiger partial charge in [-0.3, -0.25) is 0 Å². The van der Waals surface area contributed by atoms with Crippen LogP contribution in [0.3, 0.4) is 0 Å². The lowest BCUT2D eigenvalue weighted by Crippen LogP contribution is -2.27. The quantitative estimate of drug-likeness (QED) is 0.642. The van der Waals surface area contributed by atoms with Gasteiger partial charge in [0.1, 0.15) is 6.61 Å². The average Bonchev–Trinajstić information content (AvgIpc) is 2.70. The van der Waals surface area contributed by atoms with Gasteiger partial charge in [-0.1, -0.05) is 31.2 Å². The molecule has 0 amide bonds. The van der Waals surface area contributed by atoms with Crippen molar-refractivity contribution >= 4 is 21.7 Å². The van der Waals surface area contributed by atoms with Crippen molar-refractivity contribution in [3.05, 3.63) is 59.7 Å². The molecule has 0 unspecified atom stereocenters. The van der Waals surface area contributed by atoms with Gasteiger partial charge in [0, 0.05) is 17.3 Å². The third kappa shape index (κ3) is 4.09. The van der Waals surface area contributed by atoms with E-state index >= 15 is 0 Å². The van der Waals surface area contributed by atoms with E-state index < -0.39 is 10.0 Å². The Labute approximate surface area is 176 Å². The zero-order valence-electron chi connectivity index (χ0n) is 17.1. The third-order valence-corrected chi connectivity index (χ3v) is 6.43. The van der Waals surface area contributed by atoms with Crippen LogP contribution in [-0.2, 0) is 10.0 Å². The van der Waals surface area contributed by atoms with Crippen molar-refractivity contribution in [1.82, 2.24) is 9.97 Å². The molecule has 1 atom stereocenters. The van der Waals surface area contributed by atoms with E-state index in [4.69, 9.17) is 4.74 Å². The molecule has 156 valence electrons. The van der Waals surface area contributed by atoms with E-state index in [0.29, 0.717) is 18.2 Å². The monoisotopic (exact) mass is 424 g/mol. The van der Waals surface area contributed by atoms with Crippen molar-refractivity contribution in [3.8, 4) is 17.1 Å². The van der Waals surface area contributed by atoms with E-state index in [1.165, 1.54) is 0 Å². The van der Waals surface area contributed by atoms with E-state index in [1.807, 2.05) is 45.0 Å². The number of aryl methyl sites for hydroxylation is 2. The second-order valence-corrected chi connectivity index (χ2v) is 9.06. The first-order chi connectivity index (χ1) is 14.4. The zero-order valence-corrected chi connectivity index (χ0v) is 18.0. The molecule has 0 saturated heterocycles. The minimum Gasteiger partial charge on any atom is -0.475 e. The number of hydrogen-bond donors (Lipinski definition) is 2. The van der Waals surface area contributed by atoms with Gasteiger partial charge >= 0.3 is 0 Å². The van der Waals surface area contributed by atoms with Gasteiger partial charge in [0.2, 0.25) is 11.8 Å². The van der Waals surface area contributed by atoms with Gasteiger partial charge in [0.15, 0.2) is 0 Å². The molecule has 4 bridgehead atoms. The minimum atomic E-state index is -3.86. The van der Waals surface area contributed by atoms with Crippen LogP contribution < -0.4 is 14.8 Å². The lowest BCUT2D eigenvalue weighted by Gasteiger charge is -2.21. The van der Waals surface area contributed by atoms with Gasteiger partial charge < -0.3 is 10.1 Å². The van der Waals surface area contributed by atoms with Crippen molar-refractivity contribution in [2.75, 3.05) is 16.6 Å². The molecule has 1 aliphatic heterocycles. The van der Waals surface area contributed by atoms with Crippen LogP contribution in [0.5, 0.6) is 5.88 Å². The first-order valence-corrected chi connectivity index (χ1v) is 11.3. The number of hydrogen-bond acceptors (Lipinski definition) is 6. The second-order valence-electron chi connectivity index (χ2n) is 7.38. The fourth-order valence-electron chi connectivity index (χ4n) is 3.51. The van der Waals surface area contributed by atoms with Crippen molar-refractivity contribution in [3.63, 3.8) is 0 Å². The van der Waals surface area contributed by atoms with E-state index in [1.54, 1.807) is 24.3 Å². The van der Waals surface area contributed by atoms with E-state index in [9.17, 15) is 8.42 Å². The molecule has 7 nitrogen and oxygen atoms in total. The van der Waals surface area contributed by atoms with Crippen molar-refractivity contribution in [2.24, 2.45) is 0 Å². The molecule has 0 radical (unpaired) electrons. The standard InChI is InChI=1S/C22H24N4O3S/c1-4-16-13-29-20-12-19(21-14(2)7-5-8-15(21)3)24-22(25-20)26-30(27,28)18-10-6-9-17(11-18)23-16/h5-12,16,23H,4,13H2,1-3H3,(H,24,25,26)/t16-/m1/s1. The summed E-state index contributed by atoms with van der Waals surface area (Å²) < 4.78 is 34.4. The molecule has 4 rings (SSSR count). The molecule has 8 heteroatoms. The minimum absolute atomic E-state index is 0.00240. The summed E-state index contributed by atoms with van der Waals surface area (Å²) in [5, 5.41) is 3.34. The number of nitrogens with zero attached hydrogens (tertiary/aromatic N) is 2. The number of aromatic nitrogens is 2. The number of anilines is 2. The maximum absolute atomic E-state index is 13.0. The molecular formula is C22H24N4O3S. The Hall–Kier alpha value is -3.13. The Morgan fingerprint density at radius 2 is 1.80 bits per heavy atom. The van der Waals surface area contributed by atoms with Crippen LogP contribution in [-0.4, -0.2) is 31.0 Å². The third-order valence-electron chi connectivity index (χ3n) is 5.11. The molecule has 3 aromatic rings. The largest absolute Gasteiger partial charge is 0.475 e. The maximum Gasteiger partial charge on any atom is 0.264 e. The number of fused-ring (bicyclic) bond motifs is 4. The average molecular weight is 425 g/mol. The van der Waals surface area contributed by atoms with Crippen LogP contribution in [0.2, 0.25) is 0 Å². The fraction of sp³-hybridized carbons (Fsp3) is 0.273. The number of sulfonamides is 1. The van der Waals surface area contributed by atoms with Crippen LogP contribution in [0, 0.1) is 13.8 Å². The van der Waals surface area contributed by atoms with E-state index in [-0.39, 0.29) is 16.9 Å². The highest BCUT2D eigenvalue weighted by atomic mass is 32.2. The Bertz CT molecular complexity index is 1170. The SMILES string of the molecule is CC[C@@H]1COc2cc(-c3c(C)cccc3C)nc(n2)NS(=O)(=O)c2cccc(c2)N1. The summed E-state index contributed by atoms with van der Waals surface area (Å²) >= 11 is 0. The Morgan fingerprint density at radius 1 is 1.07 bits per heavy atom. The van der Waals surface area contributed by atoms with Gasteiger partial charge in [-0.05, 0) is 49.6 Å². The Morgan fingerprint density at radius 3 is 2.53 bits per heavy atom. The lowest BCUT2D eigenvalue weighted by molar-refractivity contribution is 0.283. The molecule has 0 aliphatic carbocycles. The summed E-state index contributed by atoms with van der Waals surface area (Å²) in [5.74, 6) is 0.307. The molecule has 1 aromatic heterocycles. The van der Waals surface area contributed by atoms with Gasteiger partial charge in [-0.25, -0.2) is 18.1 Å². The first kappa shape index (κ1) is 20.2. The molecule has 2 heterocycles. The van der Waals surface area contributed by atoms with Gasteiger partial charge in [-0.2, -0.15) is 4.98 Å². The molecule has 2 N–H and O–H groups in total. The number of ether oxygens (including phenoxy) is 1. The highest BCUT2D eigenvalue weighted by molar-refractivity contribution is 7.92. The summed E-state index contributed by atoms with van der Waals surface area (Å²) in [6, 6.07) is 14.4. The van der Waals surface area contributed by atoms with Crippen LogP contribution >= 0.6 is 0 Å². The van der Waals surface area contributed by atoms with Crippen molar-refractivity contribution in [2.45, 2.75) is 38.1 Å². The summed E-state index contributed by atoms with van der Waals surface area (Å²) in [5.41, 5.74) is 4.34. The Kier molecular flexibility index (Phi) is 5.34. The van der Waals surface area contributed by atoms with Gasteiger partial charge in [0.25, 0.3) is 10.0 Å². The molecule has 0 saturated carbocycles. The van der Waals surface area contributed by atoms with Crippen LogP contribution in [0.1, 0.15) is 24.5 Å². The molecule has 2 aromatic carbocycles. The van der Waals surface area contributed by atoms with Crippen molar-refractivity contribution < 1.29 is 13.2 Å². The molecule has 1 aliphatic rings. The number of benzene rings is 2. The normalized spacial score (nSPS) is 17.5. The number of nitrogens with one attached hydrogen (secondary N) is 2. The van der Waals surface area contributed by atoms with Crippen molar-refractivity contribution in [1.29, 1.82) is 0 Å². The molecule has 0 spiro atoms. The first-order valence-electron chi connectivity index (χ1n) is 9.83. The fourth-order valence-corrected chi connectivity index (χ4v) is 4.50. The lowest BCUT2D eigenvalue weighted by atomic mass is 10.00. The molecule has 30 heavy (non-hydrogen) atoms. The zero-order chi connectivity index (χ0) is 21.3. The molecular weight excluding hydrogens is 400 g/mol. The highest BCUT2D eigenvalue weighted by Gasteiger charge is 2.21. The van der Waals surface area contributed by atoms with E-state index in [2.05, 4.69) is 20.0 Å².